The van der Waals surface area contributed by atoms with Crippen molar-refractivity contribution >= 4 is 22.0 Å². The predicted octanol–water partition coefficient (Wildman–Crippen LogP) is 3.99. The standard InChI is InChI=1S/C14H10BrNO/c15-12-8-11-6-7-13(17-14(11)16-9-12)10-4-2-1-3-5-10/h1-9,13H/t13-/m0/s1. The van der Waals surface area contributed by atoms with Gasteiger partial charge < -0.3 is 4.74 Å². The zero-order valence-electron chi connectivity index (χ0n) is 9.01. The summed E-state index contributed by atoms with van der Waals surface area (Å²) >= 11 is 3.40. The van der Waals surface area contributed by atoms with E-state index >= 15 is 0 Å². The van der Waals surface area contributed by atoms with Gasteiger partial charge in [-0.05, 0) is 39.7 Å². The summed E-state index contributed by atoms with van der Waals surface area (Å²) in [5.41, 5.74) is 2.14. The summed E-state index contributed by atoms with van der Waals surface area (Å²) in [6.07, 6.45) is 5.80. The molecule has 2 heterocycles. The van der Waals surface area contributed by atoms with Crippen molar-refractivity contribution in [1.82, 2.24) is 4.98 Å². The number of hydrogen-bond acceptors (Lipinski definition) is 2. The van der Waals surface area contributed by atoms with E-state index in [-0.39, 0.29) is 6.10 Å². The molecule has 3 rings (SSSR count). The first kappa shape index (κ1) is 10.5. The Morgan fingerprint density at radius 1 is 1.18 bits per heavy atom. The maximum Gasteiger partial charge on any atom is 0.221 e. The van der Waals surface area contributed by atoms with Crippen LogP contribution >= 0.6 is 15.9 Å². The smallest absolute Gasteiger partial charge is 0.221 e. The molecule has 0 spiro atoms. The van der Waals surface area contributed by atoms with E-state index in [1.54, 1.807) is 6.20 Å². The fourth-order valence-corrected chi connectivity index (χ4v) is 2.18. The van der Waals surface area contributed by atoms with Gasteiger partial charge in [0.15, 0.2) is 0 Å². The van der Waals surface area contributed by atoms with Gasteiger partial charge >= 0.3 is 0 Å². The Kier molecular flexibility index (Phi) is 2.69. The number of pyridine rings is 1. The SMILES string of the molecule is Brc1cnc2c(c1)C=C[C@@H](c1ccccc1)O2. The largest absolute Gasteiger partial charge is 0.465 e. The van der Waals surface area contributed by atoms with Crippen LogP contribution in [0.15, 0.2) is 53.1 Å². The zero-order chi connectivity index (χ0) is 11.7. The van der Waals surface area contributed by atoms with E-state index in [0.717, 1.165) is 15.6 Å². The minimum atomic E-state index is -0.0441. The molecule has 0 fully saturated rings. The molecule has 2 nitrogen and oxygen atoms in total. The van der Waals surface area contributed by atoms with Crippen molar-refractivity contribution in [2.45, 2.75) is 6.10 Å². The van der Waals surface area contributed by atoms with Gasteiger partial charge in [0.1, 0.15) is 6.10 Å². The van der Waals surface area contributed by atoms with Crippen LogP contribution in [0.3, 0.4) is 0 Å². The minimum absolute atomic E-state index is 0.0441. The normalized spacial score (nSPS) is 17.4. The molecule has 3 heteroatoms. The molecule has 84 valence electrons. The van der Waals surface area contributed by atoms with Crippen LogP contribution in [0.5, 0.6) is 5.88 Å². The van der Waals surface area contributed by atoms with E-state index in [0.29, 0.717) is 5.88 Å². The van der Waals surface area contributed by atoms with Crippen LogP contribution in [-0.2, 0) is 0 Å². The Morgan fingerprint density at radius 3 is 2.82 bits per heavy atom. The van der Waals surface area contributed by atoms with Crippen molar-refractivity contribution in [2.24, 2.45) is 0 Å². The highest BCUT2D eigenvalue weighted by atomic mass is 79.9. The lowest BCUT2D eigenvalue weighted by atomic mass is 10.1. The number of fused-ring (bicyclic) bond motifs is 1. The monoisotopic (exact) mass is 287 g/mol. The molecule has 0 N–H and O–H groups in total. The van der Waals surface area contributed by atoms with E-state index in [1.807, 2.05) is 36.4 Å². The van der Waals surface area contributed by atoms with Crippen molar-refractivity contribution in [3.63, 3.8) is 0 Å². The summed E-state index contributed by atoms with van der Waals surface area (Å²) in [7, 11) is 0. The van der Waals surface area contributed by atoms with Gasteiger partial charge in [0, 0.05) is 16.2 Å². The van der Waals surface area contributed by atoms with Crippen LogP contribution in [0.1, 0.15) is 17.2 Å². The van der Waals surface area contributed by atoms with Gasteiger partial charge in [0.25, 0.3) is 0 Å². The molecule has 0 amide bonds. The first-order valence-electron chi connectivity index (χ1n) is 5.38. The van der Waals surface area contributed by atoms with Crippen molar-refractivity contribution in [2.75, 3.05) is 0 Å². The fraction of sp³-hybridized carbons (Fsp3) is 0.0714. The number of hydrogen-bond donors (Lipinski definition) is 0. The van der Waals surface area contributed by atoms with E-state index in [2.05, 4.69) is 33.0 Å². The summed E-state index contributed by atoms with van der Waals surface area (Å²) in [5.74, 6) is 0.685. The van der Waals surface area contributed by atoms with Crippen LogP contribution in [-0.4, -0.2) is 4.98 Å². The van der Waals surface area contributed by atoms with Gasteiger partial charge in [-0.25, -0.2) is 4.98 Å². The minimum Gasteiger partial charge on any atom is -0.465 e. The molecule has 17 heavy (non-hydrogen) atoms. The van der Waals surface area contributed by atoms with Crippen LogP contribution in [0.2, 0.25) is 0 Å². The lowest BCUT2D eigenvalue weighted by molar-refractivity contribution is 0.241. The highest BCUT2D eigenvalue weighted by molar-refractivity contribution is 9.10. The molecule has 0 unspecified atom stereocenters. The van der Waals surface area contributed by atoms with Gasteiger partial charge in [0.2, 0.25) is 5.88 Å². The van der Waals surface area contributed by atoms with Crippen LogP contribution < -0.4 is 4.74 Å². The second-order valence-corrected chi connectivity index (χ2v) is 4.77. The lowest BCUT2D eigenvalue weighted by Crippen LogP contribution is -2.09. The number of benzene rings is 1. The van der Waals surface area contributed by atoms with E-state index in [9.17, 15) is 0 Å². The topological polar surface area (TPSA) is 22.1 Å². The van der Waals surface area contributed by atoms with E-state index in [1.165, 1.54) is 0 Å². The number of ether oxygens (including phenoxy) is 1. The van der Waals surface area contributed by atoms with Gasteiger partial charge in [-0.3, -0.25) is 0 Å². The van der Waals surface area contributed by atoms with Crippen molar-refractivity contribution in [1.29, 1.82) is 0 Å². The second-order valence-electron chi connectivity index (χ2n) is 3.86. The Labute approximate surface area is 108 Å². The zero-order valence-corrected chi connectivity index (χ0v) is 10.6. The molecule has 0 saturated heterocycles. The highest BCUT2D eigenvalue weighted by Crippen LogP contribution is 2.31. The second kappa shape index (κ2) is 4.34. The number of rotatable bonds is 1. The van der Waals surface area contributed by atoms with Gasteiger partial charge in [-0.2, -0.15) is 0 Å². The van der Waals surface area contributed by atoms with Gasteiger partial charge in [-0.1, -0.05) is 30.3 Å². The van der Waals surface area contributed by atoms with Gasteiger partial charge in [0.05, 0.1) is 0 Å². The molecule has 0 aliphatic carbocycles. The van der Waals surface area contributed by atoms with Crippen LogP contribution in [0, 0.1) is 0 Å². The Morgan fingerprint density at radius 2 is 2.00 bits per heavy atom. The molecule has 1 aliphatic rings. The van der Waals surface area contributed by atoms with Gasteiger partial charge in [-0.15, -0.1) is 0 Å². The number of halogens is 1. The van der Waals surface area contributed by atoms with E-state index < -0.39 is 0 Å². The Bertz CT molecular complexity index is 566. The first-order valence-corrected chi connectivity index (χ1v) is 6.17. The first-order chi connectivity index (χ1) is 8.33. The summed E-state index contributed by atoms with van der Waals surface area (Å²) < 4.78 is 6.82. The number of aromatic nitrogens is 1. The molecule has 0 bridgehead atoms. The number of nitrogens with zero attached hydrogens (tertiary/aromatic N) is 1. The molecule has 1 aromatic carbocycles. The Hall–Kier alpha value is -1.61. The molecule has 1 atom stereocenters. The maximum absolute atomic E-state index is 5.85. The highest BCUT2D eigenvalue weighted by Gasteiger charge is 2.17. The summed E-state index contributed by atoms with van der Waals surface area (Å²) in [6, 6.07) is 12.1. The molecular weight excluding hydrogens is 278 g/mol. The fourth-order valence-electron chi connectivity index (χ4n) is 1.83. The summed E-state index contributed by atoms with van der Waals surface area (Å²) in [5, 5.41) is 0. The third-order valence-corrected chi connectivity index (χ3v) is 3.10. The third-order valence-electron chi connectivity index (χ3n) is 2.66. The quantitative estimate of drug-likeness (QED) is 0.791. The molecular formula is C14H10BrNO. The summed E-state index contributed by atoms with van der Waals surface area (Å²) in [6.45, 7) is 0. The van der Waals surface area contributed by atoms with Crippen LogP contribution in [0.4, 0.5) is 0 Å². The van der Waals surface area contributed by atoms with Crippen LogP contribution in [0.25, 0.3) is 6.08 Å². The third kappa shape index (κ3) is 2.11. The Balaban J connectivity index is 1.94. The van der Waals surface area contributed by atoms with Crippen molar-refractivity contribution in [3.05, 3.63) is 64.3 Å². The maximum atomic E-state index is 5.85. The molecule has 0 radical (unpaired) electrons. The lowest BCUT2D eigenvalue weighted by Gasteiger charge is -2.20. The average Bonchev–Trinajstić information content (AvgIpc) is 2.39. The molecule has 1 aliphatic heterocycles. The molecule has 1 aromatic heterocycles. The summed E-state index contributed by atoms with van der Waals surface area (Å²) in [4.78, 5) is 4.27. The van der Waals surface area contributed by atoms with E-state index in [4.69, 9.17) is 4.74 Å². The average molecular weight is 288 g/mol. The van der Waals surface area contributed by atoms with Crippen molar-refractivity contribution in [3.8, 4) is 5.88 Å². The molecule has 0 saturated carbocycles. The van der Waals surface area contributed by atoms with Crippen molar-refractivity contribution < 1.29 is 4.74 Å². The molecule has 2 aromatic rings. The predicted molar refractivity (Wildman–Crippen MR) is 70.8 cm³/mol.